The molecule has 0 aliphatic rings. The number of oxazole rings is 1. The van der Waals surface area contributed by atoms with Crippen molar-refractivity contribution in [3.05, 3.63) is 50.9 Å². The summed E-state index contributed by atoms with van der Waals surface area (Å²) in [6, 6.07) is 3.61. The molecule has 1 amide bonds. The standard InChI is InChI=1S/C11H8ClN3O4/c1-6-5-19-11(13-6)14-10(16)8-3-2-7(15(17)18)4-9(8)12/h2-5H,1H3,(H,13,14,16). The van der Waals surface area contributed by atoms with Crippen LogP contribution in [0.1, 0.15) is 16.1 Å². The summed E-state index contributed by atoms with van der Waals surface area (Å²) in [7, 11) is 0. The summed E-state index contributed by atoms with van der Waals surface area (Å²) in [5, 5.41) is 12.9. The Morgan fingerprint density at radius 3 is 2.79 bits per heavy atom. The lowest BCUT2D eigenvalue weighted by molar-refractivity contribution is -0.384. The SMILES string of the molecule is Cc1coc(NC(=O)c2ccc([N+](=O)[O-])cc2Cl)n1. The molecule has 2 aromatic rings. The van der Waals surface area contributed by atoms with Crippen molar-refractivity contribution >= 4 is 29.2 Å². The Morgan fingerprint density at radius 2 is 2.26 bits per heavy atom. The normalized spacial score (nSPS) is 10.2. The highest BCUT2D eigenvalue weighted by atomic mass is 35.5. The van der Waals surface area contributed by atoms with E-state index < -0.39 is 10.8 Å². The third-order valence-corrected chi connectivity index (χ3v) is 2.56. The summed E-state index contributed by atoms with van der Waals surface area (Å²) < 4.78 is 4.96. The molecule has 1 heterocycles. The summed E-state index contributed by atoms with van der Waals surface area (Å²) in [6.07, 6.45) is 1.38. The molecule has 0 atom stereocenters. The number of nitrogens with one attached hydrogen (secondary N) is 1. The molecule has 98 valence electrons. The highest BCUT2D eigenvalue weighted by molar-refractivity contribution is 6.34. The van der Waals surface area contributed by atoms with Crippen LogP contribution in [-0.4, -0.2) is 15.8 Å². The van der Waals surface area contributed by atoms with Gasteiger partial charge in [-0.1, -0.05) is 11.6 Å². The summed E-state index contributed by atoms with van der Waals surface area (Å²) in [5.41, 5.74) is 0.529. The molecule has 0 fully saturated rings. The number of carbonyl (C=O) groups excluding carboxylic acids is 1. The quantitative estimate of drug-likeness (QED) is 0.689. The van der Waals surface area contributed by atoms with Crippen molar-refractivity contribution in [2.45, 2.75) is 6.92 Å². The van der Waals surface area contributed by atoms with Gasteiger partial charge in [0, 0.05) is 12.1 Å². The predicted octanol–water partition coefficient (Wildman–Crippen LogP) is 2.80. The molecule has 0 saturated heterocycles. The number of halogens is 1. The van der Waals surface area contributed by atoms with E-state index in [2.05, 4.69) is 10.3 Å². The van der Waals surface area contributed by atoms with E-state index in [1.165, 1.54) is 18.4 Å². The summed E-state index contributed by atoms with van der Waals surface area (Å²) in [4.78, 5) is 25.7. The Kier molecular flexibility index (Phi) is 3.48. The van der Waals surface area contributed by atoms with E-state index in [0.717, 1.165) is 6.07 Å². The fourth-order valence-corrected chi connectivity index (χ4v) is 1.64. The lowest BCUT2D eigenvalue weighted by Crippen LogP contribution is -2.12. The fraction of sp³-hybridized carbons (Fsp3) is 0.0909. The van der Waals surface area contributed by atoms with Crippen molar-refractivity contribution < 1.29 is 14.1 Å². The van der Waals surface area contributed by atoms with Crippen LogP contribution in [0, 0.1) is 17.0 Å². The molecular weight excluding hydrogens is 274 g/mol. The van der Waals surface area contributed by atoms with Gasteiger partial charge in [0.2, 0.25) is 0 Å². The molecule has 1 aromatic heterocycles. The molecule has 0 unspecified atom stereocenters. The number of rotatable bonds is 3. The van der Waals surface area contributed by atoms with Gasteiger partial charge in [0.15, 0.2) is 0 Å². The molecule has 0 saturated carbocycles. The van der Waals surface area contributed by atoms with Gasteiger partial charge in [0.05, 0.1) is 21.2 Å². The van der Waals surface area contributed by atoms with Gasteiger partial charge in [-0.05, 0) is 13.0 Å². The van der Waals surface area contributed by atoms with Crippen LogP contribution in [0.25, 0.3) is 0 Å². The van der Waals surface area contributed by atoms with Gasteiger partial charge in [-0.2, -0.15) is 4.98 Å². The van der Waals surface area contributed by atoms with Gasteiger partial charge in [-0.3, -0.25) is 20.2 Å². The number of hydrogen-bond acceptors (Lipinski definition) is 5. The van der Waals surface area contributed by atoms with Crippen LogP contribution in [0.15, 0.2) is 28.9 Å². The lowest BCUT2D eigenvalue weighted by Gasteiger charge is -2.03. The number of non-ortho nitro benzene ring substituents is 1. The molecule has 2 rings (SSSR count). The summed E-state index contributed by atoms with van der Waals surface area (Å²) in [5.74, 6) is -0.554. The maximum atomic E-state index is 11.9. The molecule has 1 N–H and O–H groups in total. The molecule has 0 aliphatic carbocycles. The monoisotopic (exact) mass is 281 g/mol. The smallest absolute Gasteiger partial charge is 0.301 e. The van der Waals surface area contributed by atoms with Crippen LogP contribution in [0.3, 0.4) is 0 Å². The van der Waals surface area contributed by atoms with E-state index >= 15 is 0 Å². The van der Waals surface area contributed by atoms with E-state index in [9.17, 15) is 14.9 Å². The van der Waals surface area contributed by atoms with Crippen LogP contribution < -0.4 is 5.32 Å². The number of aromatic nitrogens is 1. The number of hydrogen-bond donors (Lipinski definition) is 1. The minimum absolute atomic E-state index is 0.0185. The molecule has 8 heteroatoms. The Balaban J connectivity index is 2.22. The first-order valence-corrected chi connectivity index (χ1v) is 5.52. The number of carbonyl (C=O) groups is 1. The molecule has 0 radical (unpaired) electrons. The zero-order valence-electron chi connectivity index (χ0n) is 9.71. The van der Waals surface area contributed by atoms with Gasteiger partial charge >= 0.3 is 6.01 Å². The second kappa shape index (κ2) is 5.07. The number of anilines is 1. The largest absolute Gasteiger partial charge is 0.432 e. The average molecular weight is 282 g/mol. The summed E-state index contributed by atoms with van der Waals surface area (Å²) >= 11 is 5.82. The second-order valence-corrected chi connectivity index (χ2v) is 4.08. The van der Waals surface area contributed by atoms with Crippen LogP contribution in [0.2, 0.25) is 5.02 Å². The molecule has 7 nitrogen and oxygen atoms in total. The van der Waals surface area contributed by atoms with Crippen molar-refractivity contribution in [3.63, 3.8) is 0 Å². The Bertz CT molecular complexity index is 653. The van der Waals surface area contributed by atoms with Gasteiger partial charge in [-0.15, -0.1) is 0 Å². The topological polar surface area (TPSA) is 98.3 Å². The second-order valence-electron chi connectivity index (χ2n) is 3.67. The van der Waals surface area contributed by atoms with Gasteiger partial charge in [0.1, 0.15) is 6.26 Å². The van der Waals surface area contributed by atoms with Crippen LogP contribution in [-0.2, 0) is 0 Å². The third-order valence-electron chi connectivity index (χ3n) is 2.25. The highest BCUT2D eigenvalue weighted by Crippen LogP contribution is 2.23. The van der Waals surface area contributed by atoms with Crippen molar-refractivity contribution in [2.24, 2.45) is 0 Å². The number of amides is 1. The molecule has 0 bridgehead atoms. The van der Waals surface area contributed by atoms with Crippen molar-refractivity contribution in [3.8, 4) is 0 Å². The van der Waals surface area contributed by atoms with E-state index in [4.69, 9.17) is 16.0 Å². The van der Waals surface area contributed by atoms with E-state index in [1.807, 2.05) is 0 Å². The van der Waals surface area contributed by atoms with Crippen molar-refractivity contribution in [2.75, 3.05) is 5.32 Å². The number of aryl methyl sites for hydroxylation is 1. The average Bonchev–Trinajstić information content (AvgIpc) is 2.74. The minimum Gasteiger partial charge on any atom is -0.432 e. The van der Waals surface area contributed by atoms with Crippen LogP contribution in [0.5, 0.6) is 0 Å². The van der Waals surface area contributed by atoms with Crippen LogP contribution >= 0.6 is 11.6 Å². The van der Waals surface area contributed by atoms with Crippen LogP contribution in [0.4, 0.5) is 11.7 Å². The number of nitro groups is 1. The molecular formula is C11H8ClN3O4. The zero-order chi connectivity index (χ0) is 14.0. The highest BCUT2D eigenvalue weighted by Gasteiger charge is 2.16. The minimum atomic E-state index is -0.592. The fourth-order valence-electron chi connectivity index (χ4n) is 1.38. The first-order valence-electron chi connectivity index (χ1n) is 5.15. The van der Waals surface area contributed by atoms with Crippen molar-refractivity contribution in [1.82, 2.24) is 4.98 Å². The first-order chi connectivity index (χ1) is 8.97. The maximum Gasteiger partial charge on any atom is 0.301 e. The Morgan fingerprint density at radius 1 is 1.53 bits per heavy atom. The van der Waals surface area contributed by atoms with E-state index in [0.29, 0.717) is 5.69 Å². The van der Waals surface area contributed by atoms with Crippen molar-refractivity contribution in [1.29, 1.82) is 0 Å². The molecule has 0 spiro atoms. The van der Waals surface area contributed by atoms with Gasteiger partial charge < -0.3 is 4.42 Å². The molecule has 1 aromatic carbocycles. The Labute approximate surface area is 112 Å². The third kappa shape index (κ3) is 2.89. The van der Waals surface area contributed by atoms with Gasteiger partial charge in [0.25, 0.3) is 11.6 Å². The molecule has 0 aliphatic heterocycles. The number of nitrogens with zero attached hydrogens (tertiary/aromatic N) is 2. The first kappa shape index (κ1) is 13.0. The lowest BCUT2D eigenvalue weighted by atomic mass is 10.2. The summed E-state index contributed by atoms with van der Waals surface area (Å²) in [6.45, 7) is 1.71. The van der Waals surface area contributed by atoms with Gasteiger partial charge in [-0.25, -0.2) is 0 Å². The molecule has 19 heavy (non-hydrogen) atoms. The number of nitro benzene ring substituents is 1. The van der Waals surface area contributed by atoms with E-state index in [1.54, 1.807) is 6.92 Å². The number of benzene rings is 1. The maximum absolute atomic E-state index is 11.9. The Hall–Kier alpha value is -2.41. The van der Waals surface area contributed by atoms with E-state index in [-0.39, 0.29) is 22.3 Å². The zero-order valence-corrected chi connectivity index (χ0v) is 10.5. The predicted molar refractivity (Wildman–Crippen MR) is 67.3 cm³/mol.